The molecule has 1 aromatic rings. The van der Waals surface area contributed by atoms with Crippen molar-refractivity contribution in [3.8, 4) is 0 Å². The van der Waals surface area contributed by atoms with Crippen molar-refractivity contribution in [3.63, 3.8) is 0 Å². The second-order valence-corrected chi connectivity index (χ2v) is 5.46. The second kappa shape index (κ2) is 6.71. The standard InChI is InChI=1S/C16H23NO2/c1-13-6-4-7-14(12-13)15-8-5-11-17(15)10-3-2-9-16(18)19/h4,6-7,12,15H,2-3,5,8-11H2,1H3,(H,18,19). The molecule has 1 aromatic carbocycles. The van der Waals surface area contributed by atoms with Gasteiger partial charge in [-0.25, -0.2) is 0 Å². The molecule has 0 aromatic heterocycles. The minimum Gasteiger partial charge on any atom is -0.481 e. The fourth-order valence-electron chi connectivity index (χ4n) is 2.94. The van der Waals surface area contributed by atoms with E-state index in [-0.39, 0.29) is 0 Å². The van der Waals surface area contributed by atoms with Gasteiger partial charge in [-0.3, -0.25) is 9.69 Å². The third-order valence-electron chi connectivity index (χ3n) is 3.88. The maximum Gasteiger partial charge on any atom is 0.303 e. The number of carboxylic acids is 1. The van der Waals surface area contributed by atoms with Gasteiger partial charge in [-0.05, 0) is 51.3 Å². The number of rotatable bonds is 6. The predicted molar refractivity (Wildman–Crippen MR) is 76.2 cm³/mol. The maximum atomic E-state index is 10.5. The summed E-state index contributed by atoms with van der Waals surface area (Å²) in [5.74, 6) is -0.684. The van der Waals surface area contributed by atoms with Crippen LogP contribution in [0.2, 0.25) is 0 Å². The predicted octanol–water partition coefficient (Wildman–Crippen LogP) is 3.39. The van der Waals surface area contributed by atoms with Crippen LogP contribution in [0.1, 0.15) is 49.3 Å². The summed E-state index contributed by atoms with van der Waals surface area (Å²) in [6.45, 7) is 4.30. The van der Waals surface area contributed by atoms with E-state index >= 15 is 0 Å². The first-order chi connectivity index (χ1) is 9.16. The molecule has 1 atom stereocenters. The third kappa shape index (κ3) is 4.06. The normalized spacial score (nSPS) is 19.7. The van der Waals surface area contributed by atoms with Gasteiger partial charge < -0.3 is 5.11 Å². The summed E-state index contributed by atoms with van der Waals surface area (Å²) in [6, 6.07) is 9.29. The maximum absolute atomic E-state index is 10.5. The van der Waals surface area contributed by atoms with Crippen molar-refractivity contribution in [1.29, 1.82) is 0 Å². The van der Waals surface area contributed by atoms with E-state index in [0.717, 1.165) is 25.9 Å². The van der Waals surface area contributed by atoms with Crippen LogP contribution in [-0.4, -0.2) is 29.1 Å². The first-order valence-electron chi connectivity index (χ1n) is 7.19. The lowest BCUT2D eigenvalue weighted by molar-refractivity contribution is -0.137. The smallest absolute Gasteiger partial charge is 0.303 e. The molecule has 0 bridgehead atoms. The summed E-state index contributed by atoms with van der Waals surface area (Å²) in [5, 5.41) is 8.65. The van der Waals surface area contributed by atoms with Crippen molar-refractivity contribution < 1.29 is 9.90 Å². The molecule has 0 radical (unpaired) electrons. The van der Waals surface area contributed by atoms with Crippen molar-refractivity contribution in [3.05, 3.63) is 35.4 Å². The van der Waals surface area contributed by atoms with E-state index in [1.54, 1.807) is 0 Å². The van der Waals surface area contributed by atoms with Crippen LogP contribution in [0.4, 0.5) is 0 Å². The Balaban J connectivity index is 1.88. The summed E-state index contributed by atoms with van der Waals surface area (Å²) in [7, 11) is 0. The van der Waals surface area contributed by atoms with E-state index < -0.39 is 5.97 Å². The highest BCUT2D eigenvalue weighted by molar-refractivity contribution is 5.66. The number of carboxylic acid groups (broad SMARTS) is 1. The number of hydrogen-bond acceptors (Lipinski definition) is 2. The van der Waals surface area contributed by atoms with Crippen LogP contribution in [0.25, 0.3) is 0 Å². The Morgan fingerprint density at radius 2 is 2.26 bits per heavy atom. The third-order valence-corrected chi connectivity index (χ3v) is 3.88. The largest absolute Gasteiger partial charge is 0.481 e. The Morgan fingerprint density at radius 3 is 3.00 bits per heavy atom. The summed E-state index contributed by atoms with van der Waals surface area (Å²) < 4.78 is 0. The van der Waals surface area contributed by atoms with Crippen molar-refractivity contribution in [2.24, 2.45) is 0 Å². The Hall–Kier alpha value is -1.35. The van der Waals surface area contributed by atoms with E-state index in [1.165, 1.54) is 24.0 Å². The number of aryl methyl sites for hydroxylation is 1. The molecule has 3 nitrogen and oxygen atoms in total. The fourth-order valence-corrected chi connectivity index (χ4v) is 2.94. The second-order valence-electron chi connectivity index (χ2n) is 5.46. The molecule has 0 amide bonds. The number of likely N-dealkylation sites (tertiary alicyclic amines) is 1. The van der Waals surface area contributed by atoms with Gasteiger partial charge in [0.05, 0.1) is 0 Å². The van der Waals surface area contributed by atoms with Gasteiger partial charge in [0.15, 0.2) is 0 Å². The molecule has 0 spiro atoms. The van der Waals surface area contributed by atoms with Gasteiger partial charge in [-0.15, -0.1) is 0 Å². The monoisotopic (exact) mass is 261 g/mol. The van der Waals surface area contributed by atoms with Crippen LogP contribution in [-0.2, 0) is 4.79 Å². The molecule has 0 aliphatic carbocycles. The van der Waals surface area contributed by atoms with Gasteiger partial charge in [-0.2, -0.15) is 0 Å². The summed E-state index contributed by atoms with van der Waals surface area (Å²) in [4.78, 5) is 13.0. The molecule has 0 saturated carbocycles. The summed E-state index contributed by atoms with van der Waals surface area (Å²) >= 11 is 0. The molecular formula is C16H23NO2. The van der Waals surface area contributed by atoms with Crippen LogP contribution in [0, 0.1) is 6.92 Å². The number of unbranched alkanes of at least 4 members (excludes halogenated alkanes) is 1. The molecule has 104 valence electrons. The minimum atomic E-state index is -0.684. The first kappa shape index (κ1) is 14.1. The molecule has 1 unspecified atom stereocenters. The molecule has 19 heavy (non-hydrogen) atoms. The summed E-state index contributed by atoms with van der Waals surface area (Å²) in [6.07, 6.45) is 4.53. The van der Waals surface area contributed by atoms with E-state index in [1.807, 2.05) is 0 Å². The molecule has 1 saturated heterocycles. The first-order valence-corrected chi connectivity index (χ1v) is 7.19. The van der Waals surface area contributed by atoms with Gasteiger partial charge >= 0.3 is 5.97 Å². The zero-order chi connectivity index (χ0) is 13.7. The number of benzene rings is 1. The zero-order valence-electron chi connectivity index (χ0n) is 11.6. The Kier molecular flexibility index (Phi) is 4.97. The summed E-state index contributed by atoms with van der Waals surface area (Å²) in [5.41, 5.74) is 2.73. The average molecular weight is 261 g/mol. The SMILES string of the molecule is Cc1cccc(C2CCCN2CCCCC(=O)O)c1. The molecule has 1 N–H and O–H groups in total. The van der Waals surface area contributed by atoms with Crippen LogP contribution < -0.4 is 0 Å². The molecular weight excluding hydrogens is 238 g/mol. The Labute approximate surface area is 115 Å². The highest BCUT2D eigenvalue weighted by Gasteiger charge is 2.25. The average Bonchev–Trinajstić information content (AvgIpc) is 2.83. The molecule has 1 heterocycles. The highest BCUT2D eigenvalue weighted by Crippen LogP contribution is 2.32. The lowest BCUT2D eigenvalue weighted by Gasteiger charge is -2.25. The molecule has 1 aliphatic heterocycles. The Bertz CT molecular complexity index is 431. The fraction of sp³-hybridized carbons (Fsp3) is 0.562. The number of hydrogen-bond donors (Lipinski definition) is 1. The van der Waals surface area contributed by atoms with Gasteiger partial charge in [0.2, 0.25) is 0 Å². The van der Waals surface area contributed by atoms with Crippen molar-refractivity contribution >= 4 is 5.97 Å². The van der Waals surface area contributed by atoms with Crippen LogP contribution in [0.5, 0.6) is 0 Å². The van der Waals surface area contributed by atoms with Gasteiger partial charge in [-0.1, -0.05) is 29.8 Å². The Morgan fingerprint density at radius 1 is 1.42 bits per heavy atom. The molecule has 2 rings (SSSR count). The van der Waals surface area contributed by atoms with Crippen LogP contribution in [0.15, 0.2) is 24.3 Å². The quantitative estimate of drug-likeness (QED) is 0.798. The van der Waals surface area contributed by atoms with E-state index in [9.17, 15) is 4.79 Å². The van der Waals surface area contributed by atoms with Crippen LogP contribution >= 0.6 is 0 Å². The van der Waals surface area contributed by atoms with E-state index in [2.05, 4.69) is 36.1 Å². The highest BCUT2D eigenvalue weighted by atomic mass is 16.4. The van der Waals surface area contributed by atoms with Crippen molar-refractivity contribution in [2.45, 2.75) is 45.1 Å². The minimum absolute atomic E-state index is 0.295. The van der Waals surface area contributed by atoms with Crippen molar-refractivity contribution in [2.75, 3.05) is 13.1 Å². The van der Waals surface area contributed by atoms with Gasteiger partial charge in [0, 0.05) is 12.5 Å². The number of nitrogens with zero attached hydrogens (tertiary/aromatic N) is 1. The van der Waals surface area contributed by atoms with Gasteiger partial charge in [0.25, 0.3) is 0 Å². The zero-order valence-corrected chi connectivity index (χ0v) is 11.6. The molecule has 3 heteroatoms. The van der Waals surface area contributed by atoms with Gasteiger partial charge in [0.1, 0.15) is 0 Å². The lowest BCUT2D eigenvalue weighted by Crippen LogP contribution is -2.24. The van der Waals surface area contributed by atoms with E-state index in [4.69, 9.17) is 5.11 Å². The van der Waals surface area contributed by atoms with Crippen LogP contribution in [0.3, 0.4) is 0 Å². The molecule has 1 fully saturated rings. The van der Waals surface area contributed by atoms with Crippen molar-refractivity contribution in [1.82, 2.24) is 4.90 Å². The van der Waals surface area contributed by atoms with E-state index in [0.29, 0.717) is 12.5 Å². The topological polar surface area (TPSA) is 40.5 Å². The number of carbonyl (C=O) groups is 1. The number of aliphatic carboxylic acids is 1. The molecule has 1 aliphatic rings. The lowest BCUT2D eigenvalue weighted by atomic mass is 10.0.